The van der Waals surface area contributed by atoms with E-state index in [4.69, 9.17) is 21.1 Å². The first-order valence-corrected chi connectivity index (χ1v) is 8.47. The quantitative estimate of drug-likeness (QED) is 0.291. The van der Waals surface area contributed by atoms with Crippen molar-refractivity contribution < 1.29 is 19.1 Å². The van der Waals surface area contributed by atoms with E-state index in [-0.39, 0.29) is 11.9 Å². The van der Waals surface area contributed by atoms with Gasteiger partial charge >= 0.3 is 11.9 Å². The molecule has 0 aliphatic heterocycles. The summed E-state index contributed by atoms with van der Waals surface area (Å²) in [4.78, 5) is 22.8. The summed E-state index contributed by atoms with van der Waals surface area (Å²) < 4.78 is 10.2. The lowest BCUT2D eigenvalue weighted by molar-refractivity contribution is -0.146. The van der Waals surface area contributed by atoms with E-state index in [1.165, 1.54) is 0 Å². The zero-order valence-corrected chi connectivity index (χ0v) is 14.1. The molecule has 0 N–H and O–H groups in total. The molecule has 0 aromatic carbocycles. The van der Waals surface area contributed by atoms with Gasteiger partial charge in [-0.05, 0) is 31.6 Å². The fourth-order valence-electron chi connectivity index (χ4n) is 1.68. The molecule has 0 saturated heterocycles. The number of carbonyl (C=O) groups is 2. The Morgan fingerprint density at radius 1 is 0.857 bits per heavy atom. The van der Waals surface area contributed by atoms with Gasteiger partial charge in [-0.15, -0.1) is 11.6 Å². The molecule has 0 saturated carbocycles. The highest BCUT2D eigenvalue weighted by atomic mass is 35.5. The maximum atomic E-state index is 11.4. The van der Waals surface area contributed by atoms with Gasteiger partial charge in [-0.1, -0.05) is 26.7 Å². The fraction of sp³-hybridized carbons (Fsp3) is 0.875. The van der Waals surface area contributed by atoms with Crippen LogP contribution in [0.2, 0.25) is 0 Å². The zero-order valence-electron chi connectivity index (χ0n) is 13.4. The maximum absolute atomic E-state index is 11.4. The normalized spacial score (nSPS) is 10.7. The van der Waals surface area contributed by atoms with Crippen LogP contribution in [0.3, 0.4) is 0 Å². The Labute approximate surface area is 133 Å². The number of carbonyl (C=O) groups excluding carboxylic acids is 2. The molecule has 0 aromatic heterocycles. The molecular formula is C16H29ClO4. The average molecular weight is 321 g/mol. The molecule has 0 heterocycles. The van der Waals surface area contributed by atoms with Crippen molar-refractivity contribution in [1.82, 2.24) is 0 Å². The van der Waals surface area contributed by atoms with Crippen LogP contribution in [-0.4, -0.2) is 31.0 Å². The van der Waals surface area contributed by atoms with E-state index >= 15 is 0 Å². The van der Waals surface area contributed by atoms with E-state index < -0.39 is 0 Å². The maximum Gasteiger partial charge on any atom is 0.305 e. The second-order valence-corrected chi connectivity index (χ2v) is 5.99. The summed E-state index contributed by atoms with van der Waals surface area (Å²) >= 11 is 5.57. The summed E-state index contributed by atoms with van der Waals surface area (Å²) in [6.07, 6.45) is 6.12. The van der Waals surface area contributed by atoms with Crippen LogP contribution in [0.1, 0.15) is 65.2 Å². The van der Waals surface area contributed by atoms with E-state index in [9.17, 15) is 9.59 Å². The van der Waals surface area contributed by atoms with Crippen LogP contribution >= 0.6 is 11.6 Å². The van der Waals surface area contributed by atoms with Crippen LogP contribution < -0.4 is 0 Å². The van der Waals surface area contributed by atoms with Gasteiger partial charge in [0.15, 0.2) is 0 Å². The van der Waals surface area contributed by atoms with Crippen LogP contribution in [0.25, 0.3) is 0 Å². The minimum Gasteiger partial charge on any atom is -0.466 e. The summed E-state index contributed by atoms with van der Waals surface area (Å²) in [6.45, 7) is 4.94. The molecule has 0 aliphatic rings. The fourth-order valence-corrected chi connectivity index (χ4v) is 1.87. The first kappa shape index (κ1) is 20.2. The number of rotatable bonds is 13. The Balaban J connectivity index is 3.35. The van der Waals surface area contributed by atoms with Crippen LogP contribution in [0.15, 0.2) is 0 Å². The first-order chi connectivity index (χ1) is 10.1. The Morgan fingerprint density at radius 3 is 2.00 bits per heavy atom. The van der Waals surface area contributed by atoms with Gasteiger partial charge in [0.1, 0.15) is 0 Å². The average Bonchev–Trinajstić information content (AvgIpc) is 2.45. The van der Waals surface area contributed by atoms with Gasteiger partial charge in [-0.3, -0.25) is 9.59 Å². The number of esters is 2. The number of unbranched alkanes of at least 4 members (excludes halogenated alkanes) is 4. The first-order valence-electron chi connectivity index (χ1n) is 7.93. The van der Waals surface area contributed by atoms with Gasteiger partial charge < -0.3 is 9.47 Å². The molecule has 0 radical (unpaired) electrons. The lowest BCUT2D eigenvalue weighted by Crippen LogP contribution is -2.10. The highest BCUT2D eigenvalue weighted by Gasteiger charge is 2.06. The Morgan fingerprint density at radius 2 is 1.43 bits per heavy atom. The molecule has 0 unspecified atom stereocenters. The molecule has 124 valence electrons. The van der Waals surface area contributed by atoms with Crippen LogP contribution in [0, 0.1) is 5.92 Å². The molecule has 0 aliphatic carbocycles. The summed E-state index contributed by atoms with van der Waals surface area (Å²) in [5.41, 5.74) is 0. The van der Waals surface area contributed by atoms with Crippen molar-refractivity contribution in [2.24, 2.45) is 5.92 Å². The molecule has 0 amide bonds. The topological polar surface area (TPSA) is 52.6 Å². The number of hydrogen-bond acceptors (Lipinski definition) is 4. The van der Waals surface area contributed by atoms with Gasteiger partial charge in [-0.25, -0.2) is 0 Å². The number of ether oxygens (including phenoxy) is 2. The molecular weight excluding hydrogens is 292 g/mol. The Hall–Kier alpha value is -0.770. The smallest absolute Gasteiger partial charge is 0.305 e. The van der Waals surface area contributed by atoms with E-state index in [1.807, 2.05) is 13.8 Å². The Bertz CT molecular complexity index is 279. The SMILES string of the molecule is CC(C)COC(=O)CCCCC(=O)OCCCCCCCl. The largest absolute Gasteiger partial charge is 0.466 e. The van der Waals surface area contributed by atoms with Crippen molar-refractivity contribution in [2.75, 3.05) is 19.1 Å². The highest BCUT2D eigenvalue weighted by Crippen LogP contribution is 2.05. The van der Waals surface area contributed by atoms with E-state index in [0.29, 0.717) is 50.7 Å². The van der Waals surface area contributed by atoms with Crippen molar-refractivity contribution >= 4 is 23.5 Å². The lowest BCUT2D eigenvalue weighted by atomic mass is 10.2. The van der Waals surface area contributed by atoms with Crippen molar-refractivity contribution in [1.29, 1.82) is 0 Å². The molecule has 21 heavy (non-hydrogen) atoms. The lowest BCUT2D eigenvalue weighted by Gasteiger charge is -2.07. The minimum atomic E-state index is -0.184. The number of hydrogen-bond donors (Lipinski definition) is 0. The molecule has 0 bridgehead atoms. The summed E-state index contributed by atoms with van der Waals surface area (Å²) in [6, 6.07) is 0. The molecule has 5 heteroatoms. The van der Waals surface area contributed by atoms with Crippen LogP contribution in [-0.2, 0) is 19.1 Å². The zero-order chi connectivity index (χ0) is 15.9. The second-order valence-electron chi connectivity index (χ2n) is 5.61. The number of halogens is 1. The monoisotopic (exact) mass is 320 g/mol. The third kappa shape index (κ3) is 15.4. The summed E-state index contributed by atoms with van der Waals surface area (Å²) in [5, 5.41) is 0. The molecule has 0 fully saturated rings. The molecule has 0 rings (SSSR count). The van der Waals surface area contributed by atoms with Crippen LogP contribution in [0.5, 0.6) is 0 Å². The van der Waals surface area contributed by atoms with Crippen molar-refractivity contribution in [3.63, 3.8) is 0 Å². The molecule has 0 spiro atoms. The van der Waals surface area contributed by atoms with E-state index in [0.717, 1.165) is 25.7 Å². The standard InChI is InChI=1S/C16H29ClO4/c1-14(2)13-21-16(19)10-6-5-9-15(18)20-12-8-4-3-7-11-17/h14H,3-13H2,1-2H3. The van der Waals surface area contributed by atoms with Crippen LogP contribution in [0.4, 0.5) is 0 Å². The summed E-state index contributed by atoms with van der Waals surface area (Å²) in [5.74, 6) is 0.687. The number of alkyl halides is 1. The molecule has 4 nitrogen and oxygen atoms in total. The predicted molar refractivity (Wildman–Crippen MR) is 84.4 cm³/mol. The van der Waals surface area contributed by atoms with Gasteiger partial charge in [-0.2, -0.15) is 0 Å². The van der Waals surface area contributed by atoms with Gasteiger partial charge in [0.05, 0.1) is 13.2 Å². The summed E-state index contributed by atoms with van der Waals surface area (Å²) in [7, 11) is 0. The second kappa shape index (κ2) is 14.2. The van der Waals surface area contributed by atoms with Crippen molar-refractivity contribution in [3.05, 3.63) is 0 Å². The van der Waals surface area contributed by atoms with E-state index in [2.05, 4.69) is 0 Å². The highest BCUT2D eigenvalue weighted by molar-refractivity contribution is 6.17. The minimum absolute atomic E-state index is 0.178. The van der Waals surface area contributed by atoms with Gasteiger partial charge in [0.25, 0.3) is 0 Å². The molecule has 0 aromatic rings. The predicted octanol–water partition coefficient (Wildman–Crippen LogP) is 4.09. The third-order valence-electron chi connectivity index (χ3n) is 2.88. The third-order valence-corrected chi connectivity index (χ3v) is 3.15. The van der Waals surface area contributed by atoms with Gasteiger partial charge in [0.2, 0.25) is 0 Å². The Kier molecular flexibility index (Phi) is 13.7. The van der Waals surface area contributed by atoms with Crippen molar-refractivity contribution in [3.8, 4) is 0 Å². The van der Waals surface area contributed by atoms with Crippen molar-refractivity contribution in [2.45, 2.75) is 65.2 Å². The van der Waals surface area contributed by atoms with Gasteiger partial charge in [0, 0.05) is 18.7 Å². The molecule has 0 atom stereocenters. The van der Waals surface area contributed by atoms with E-state index in [1.54, 1.807) is 0 Å².